The van der Waals surface area contributed by atoms with Crippen LogP contribution in [0.1, 0.15) is 18.4 Å². The zero-order chi connectivity index (χ0) is 25.5. The highest BCUT2D eigenvalue weighted by molar-refractivity contribution is 5.84. The molecule has 2 N–H and O–H groups in total. The Morgan fingerprint density at radius 1 is 1.19 bits per heavy atom. The zero-order valence-electron chi connectivity index (χ0n) is 20.2. The SMILES string of the molecule is C=CCn1c(=O)c(N2CCC(NC(=O)N[C@H](Cc3ccccc3)C(=O)OC)CC2)nc2cccnc21. The number of nitrogens with zero attached hydrogens (tertiary/aromatic N) is 4. The highest BCUT2D eigenvalue weighted by Gasteiger charge is 2.27. The first-order valence-corrected chi connectivity index (χ1v) is 11.9. The second-order valence-electron chi connectivity index (χ2n) is 8.63. The normalized spacial score (nSPS) is 14.8. The van der Waals surface area contributed by atoms with Crippen LogP contribution in [-0.4, -0.2) is 58.8 Å². The van der Waals surface area contributed by atoms with E-state index in [-0.39, 0.29) is 11.6 Å². The van der Waals surface area contributed by atoms with E-state index in [0.29, 0.717) is 55.9 Å². The van der Waals surface area contributed by atoms with E-state index >= 15 is 0 Å². The number of rotatable bonds is 8. The highest BCUT2D eigenvalue weighted by atomic mass is 16.5. The summed E-state index contributed by atoms with van der Waals surface area (Å²) < 4.78 is 6.44. The molecular formula is C26H30N6O4. The van der Waals surface area contributed by atoms with Crippen LogP contribution in [-0.2, 0) is 22.5 Å². The molecule has 3 heterocycles. The minimum Gasteiger partial charge on any atom is -0.467 e. The van der Waals surface area contributed by atoms with Crippen LogP contribution >= 0.6 is 0 Å². The van der Waals surface area contributed by atoms with E-state index in [0.717, 1.165) is 5.56 Å². The first kappa shape index (κ1) is 24.9. The average molecular weight is 491 g/mol. The number of pyridine rings is 1. The second kappa shape index (κ2) is 11.5. The Hall–Kier alpha value is -4.21. The molecule has 188 valence electrons. The van der Waals surface area contributed by atoms with Gasteiger partial charge in [0.15, 0.2) is 11.5 Å². The third-order valence-electron chi connectivity index (χ3n) is 6.20. The Labute approximate surface area is 209 Å². The van der Waals surface area contributed by atoms with Crippen molar-refractivity contribution in [2.45, 2.75) is 37.9 Å². The maximum absolute atomic E-state index is 13.1. The van der Waals surface area contributed by atoms with Crippen LogP contribution in [0.25, 0.3) is 11.2 Å². The molecule has 0 bridgehead atoms. The lowest BCUT2D eigenvalue weighted by Gasteiger charge is -2.33. The molecule has 10 heteroatoms. The number of urea groups is 1. The lowest BCUT2D eigenvalue weighted by atomic mass is 10.0. The van der Waals surface area contributed by atoms with Crippen LogP contribution in [0.15, 0.2) is 66.1 Å². The van der Waals surface area contributed by atoms with Gasteiger partial charge in [0.1, 0.15) is 11.6 Å². The molecule has 0 spiro atoms. The van der Waals surface area contributed by atoms with Crippen molar-refractivity contribution in [1.82, 2.24) is 25.2 Å². The predicted octanol–water partition coefficient (Wildman–Crippen LogP) is 2.03. The average Bonchev–Trinajstić information content (AvgIpc) is 2.90. The summed E-state index contributed by atoms with van der Waals surface area (Å²) in [4.78, 5) is 48.9. The Kier molecular flexibility index (Phi) is 7.94. The minimum absolute atomic E-state index is 0.103. The summed E-state index contributed by atoms with van der Waals surface area (Å²) in [7, 11) is 1.30. The summed E-state index contributed by atoms with van der Waals surface area (Å²) in [6.45, 7) is 5.19. The summed E-state index contributed by atoms with van der Waals surface area (Å²) >= 11 is 0. The fraction of sp³-hybridized carbons (Fsp3) is 0.346. The van der Waals surface area contributed by atoms with Crippen molar-refractivity contribution in [3.8, 4) is 0 Å². The standard InChI is InChI=1S/C26H30N6O4/c1-3-14-32-22-20(10-7-13-27-22)29-23(24(32)33)31-15-11-19(12-16-31)28-26(35)30-21(25(34)36-2)17-18-8-5-4-6-9-18/h3-10,13,19,21H,1,11-12,14-17H2,2H3,(H2,28,30,35)/t21-/m1/s1. The van der Waals surface area contributed by atoms with Crippen molar-refractivity contribution in [3.63, 3.8) is 0 Å². The number of methoxy groups -OCH3 is 1. The van der Waals surface area contributed by atoms with Gasteiger partial charge in [-0.15, -0.1) is 6.58 Å². The quantitative estimate of drug-likeness (QED) is 0.366. The molecular weight excluding hydrogens is 460 g/mol. The number of carbonyl (C=O) groups is 2. The number of hydrogen-bond acceptors (Lipinski definition) is 7. The molecule has 10 nitrogen and oxygen atoms in total. The van der Waals surface area contributed by atoms with Crippen LogP contribution in [0.2, 0.25) is 0 Å². The van der Waals surface area contributed by atoms with E-state index in [1.807, 2.05) is 41.3 Å². The molecule has 1 fully saturated rings. The molecule has 1 saturated heterocycles. The predicted molar refractivity (Wildman–Crippen MR) is 137 cm³/mol. The van der Waals surface area contributed by atoms with E-state index < -0.39 is 18.0 Å². The lowest BCUT2D eigenvalue weighted by molar-refractivity contribution is -0.142. The van der Waals surface area contributed by atoms with Gasteiger partial charge in [-0.05, 0) is 30.5 Å². The number of anilines is 1. The number of aromatic nitrogens is 3. The Bertz CT molecular complexity index is 1280. The van der Waals surface area contributed by atoms with Gasteiger partial charge in [-0.3, -0.25) is 9.36 Å². The number of carbonyl (C=O) groups excluding carboxylic acids is 2. The van der Waals surface area contributed by atoms with Gasteiger partial charge in [0.25, 0.3) is 5.56 Å². The van der Waals surface area contributed by atoms with Crippen LogP contribution in [0, 0.1) is 0 Å². The maximum Gasteiger partial charge on any atom is 0.328 e. The van der Waals surface area contributed by atoms with Crippen LogP contribution in [0.4, 0.5) is 10.6 Å². The number of allylic oxidation sites excluding steroid dienone is 1. The van der Waals surface area contributed by atoms with Gasteiger partial charge in [0, 0.05) is 38.3 Å². The summed E-state index contributed by atoms with van der Waals surface area (Å²) in [6, 6.07) is 11.7. The number of amides is 2. The van der Waals surface area contributed by atoms with Crippen molar-refractivity contribution in [2.75, 3.05) is 25.1 Å². The number of benzene rings is 1. The minimum atomic E-state index is -0.795. The number of fused-ring (bicyclic) bond motifs is 1. The van der Waals surface area contributed by atoms with Gasteiger partial charge in [-0.2, -0.15) is 0 Å². The van der Waals surface area contributed by atoms with Crippen molar-refractivity contribution in [1.29, 1.82) is 0 Å². The summed E-state index contributed by atoms with van der Waals surface area (Å²) in [5, 5.41) is 5.69. The van der Waals surface area contributed by atoms with Crippen molar-refractivity contribution in [3.05, 3.63) is 77.2 Å². The van der Waals surface area contributed by atoms with Gasteiger partial charge in [-0.25, -0.2) is 19.6 Å². The van der Waals surface area contributed by atoms with Gasteiger partial charge < -0.3 is 20.3 Å². The molecule has 0 saturated carbocycles. The molecule has 1 aliphatic rings. The fourth-order valence-corrected chi connectivity index (χ4v) is 4.37. The Morgan fingerprint density at radius 3 is 2.64 bits per heavy atom. The number of hydrogen-bond donors (Lipinski definition) is 2. The fourth-order valence-electron chi connectivity index (χ4n) is 4.37. The third-order valence-corrected chi connectivity index (χ3v) is 6.20. The third kappa shape index (κ3) is 5.70. The van der Waals surface area contributed by atoms with Crippen LogP contribution < -0.4 is 21.1 Å². The van der Waals surface area contributed by atoms with Crippen molar-refractivity contribution < 1.29 is 14.3 Å². The van der Waals surface area contributed by atoms with Crippen LogP contribution in [0.5, 0.6) is 0 Å². The summed E-state index contributed by atoms with van der Waals surface area (Å²) in [5.74, 6) is -0.134. The Morgan fingerprint density at radius 2 is 1.94 bits per heavy atom. The second-order valence-corrected chi connectivity index (χ2v) is 8.63. The van der Waals surface area contributed by atoms with E-state index in [1.165, 1.54) is 7.11 Å². The summed E-state index contributed by atoms with van der Waals surface area (Å²) in [5.41, 5.74) is 1.87. The Balaban J connectivity index is 1.39. The molecule has 2 aromatic heterocycles. The van der Waals surface area contributed by atoms with Gasteiger partial charge in [-0.1, -0.05) is 36.4 Å². The van der Waals surface area contributed by atoms with E-state index in [9.17, 15) is 14.4 Å². The van der Waals surface area contributed by atoms with Gasteiger partial charge >= 0.3 is 12.0 Å². The number of piperidine rings is 1. The van der Waals surface area contributed by atoms with Gasteiger partial charge in [0.2, 0.25) is 0 Å². The van der Waals surface area contributed by atoms with E-state index in [4.69, 9.17) is 4.74 Å². The lowest BCUT2D eigenvalue weighted by Crippen LogP contribution is -2.53. The number of ether oxygens (including phenoxy) is 1. The first-order chi connectivity index (χ1) is 17.5. The molecule has 4 rings (SSSR count). The monoisotopic (exact) mass is 490 g/mol. The summed E-state index contributed by atoms with van der Waals surface area (Å²) in [6.07, 6.45) is 4.88. The molecule has 1 aromatic carbocycles. The molecule has 2 amide bonds. The largest absolute Gasteiger partial charge is 0.467 e. The smallest absolute Gasteiger partial charge is 0.328 e. The van der Waals surface area contributed by atoms with Crippen molar-refractivity contribution >= 4 is 29.0 Å². The number of nitrogens with one attached hydrogen (secondary N) is 2. The number of esters is 1. The van der Waals surface area contributed by atoms with E-state index in [2.05, 4.69) is 27.2 Å². The van der Waals surface area contributed by atoms with Crippen LogP contribution in [0.3, 0.4) is 0 Å². The molecule has 3 aromatic rings. The first-order valence-electron chi connectivity index (χ1n) is 11.9. The molecule has 1 atom stereocenters. The van der Waals surface area contributed by atoms with Gasteiger partial charge in [0.05, 0.1) is 7.11 Å². The zero-order valence-corrected chi connectivity index (χ0v) is 20.2. The maximum atomic E-state index is 13.1. The van der Waals surface area contributed by atoms with Crippen molar-refractivity contribution in [2.24, 2.45) is 0 Å². The topological polar surface area (TPSA) is 118 Å². The highest BCUT2D eigenvalue weighted by Crippen LogP contribution is 2.18. The van der Waals surface area contributed by atoms with E-state index in [1.54, 1.807) is 22.9 Å². The molecule has 0 radical (unpaired) electrons. The molecule has 36 heavy (non-hydrogen) atoms. The molecule has 0 aliphatic carbocycles. The molecule has 1 aliphatic heterocycles. The molecule has 0 unspecified atom stereocenters.